The van der Waals surface area contributed by atoms with Crippen LogP contribution in [0.5, 0.6) is 0 Å². The van der Waals surface area contributed by atoms with Crippen LogP contribution >= 0.6 is 11.6 Å². The number of fused-ring (bicyclic) bond motifs is 1. The number of carboxylic acid groups (broad SMARTS) is 1. The number of aliphatic carboxylic acids is 1. The molecule has 3 rings (SSSR count). The molecule has 0 amide bonds. The Balaban J connectivity index is 2.18. The first-order chi connectivity index (χ1) is 11.4. The molecule has 0 radical (unpaired) electrons. The van der Waals surface area contributed by atoms with E-state index in [9.17, 15) is 14.7 Å². The quantitative estimate of drug-likeness (QED) is 0.735. The molecule has 0 saturated carbocycles. The van der Waals surface area contributed by atoms with Crippen LogP contribution in [0.3, 0.4) is 0 Å². The Morgan fingerprint density at radius 2 is 1.92 bits per heavy atom. The number of nitrogens with zero attached hydrogens (tertiary/aromatic N) is 2. The molecule has 1 aromatic carbocycles. The molecule has 6 heteroatoms. The minimum absolute atomic E-state index is 0.283. The second kappa shape index (κ2) is 6.09. The number of aromatic nitrogens is 2. The molecule has 122 valence electrons. The van der Waals surface area contributed by atoms with Crippen molar-refractivity contribution in [2.75, 3.05) is 0 Å². The number of carbonyl (C=O) groups excluding carboxylic acids is 1. The molecule has 0 bridgehead atoms. The molecule has 0 aliphatic rings. The first-order valence-electron chi connectivity index (χ1n) is 7.35. The lowest BCUT2D eigenvalue weighted by Crippen LogP contribution is -2.16. The average molecular weight is 343 g/mol. The molecule has 24 heavy (non-hydrogen) atoms. The van der Waals surface area contributed by atoms with Crippen LogP contribution in [0.1, 0.15) is 27.3 Å². The Hall–Kier alpha value is -2.66. The third-order valence-corrected chi connectivity index (χ3v) is 4.23. The third kappa shape index (κ3) is 2.90. The summed E-state index contributed by atoms with van der Waals surface area (Å²) in [6.07, 6.45) is 1.64. The normalized spacial score (nSPS) is 11.0. The molecule has 0 unspecified atom stereocenters. The van der Waals surface area contributed by atoms with Gasteiger partial charge in [0.05, 0.1) is 11.2 Å². The van der Waals surface area contributed by atoms with Crippen molar-refractivity contribution in [1.82, 2.24) is 9.55 Å². The van der Waals surface area contributed by atoms with E-state index in [-0.39, 0.29) is 18.0 Å². The van der Waals surface area contributed by atoms with Crippen LogP contribution < -0.4 is 0 Å². The van der Waals surface area contributed by atoms with E-state index in [1.165, 1.54) is 4.57 Å². The number of ketones is 1. The fraction of sp³-hybridized carbons (Fsp3) is 0.167. The maximum absolute atomic E-state index is 12.9. The van der Waals surface area contributed by atoms with Gasteiger partial charge in [-0.05, 0) is 49.2 Å². The molecule has 0 aliphatic carbocycles. The maximum Gasteiger partial charge on any atom is 0.323 e. The van der Waals surface area contributed by atoms with Gasteiger partial charge in [0.25, 0.3) is 0 Å². The molecule has 2 heterocycles. The molecule has 5 nitrogen and oxygen atoms in total. The van der Waals surface area contributed by atoms with E-state index in [2.05, 4.69) is 4.98 Å². The molecule has 0 saturated heterocycles. The second-order valence-electron chi connectivity index (χ2n) is 5.70. The molecule has 0 spiro atoms. The van der Waals surface area contributed by atoms with Crippen LogP contribution in [0.25, 0.3) is 10.9 Å². The van der Waals surface area contributed by atoms with Gasteiger partial charge in [0.2, 0.25) is 5.78 Å². The highest BCUT2D eigenvalue weighted by Crippen LogP contribution is 2.25. The van der Waals surface area contributed by atoms with Crippen molar-refractivity contribution < 1.29 is 14.7 Å². The van der Waals surface area contributed by atoms with Gasteiger partial charge in [-0.15, -0.1) is 0 Å². The van der Waals surface area contributed by atoms with E-state index < -0.39 is 5.97 Å². The van der Waals surface area contributed by atoms with Gasteiger partial charge in [-0.2, -0.15) is 0 Å². The standard InChI is InChI=1S/C18H15ClN2O3/c1-10-5-14(20-8-11(10)2)18(24)16-6-12-3-4-13(19)7-15(12)21(16)9-17(22)23/h3-8H,9H2,1-2H3,(H,22,23). The SMILES string of the molecule is Cc1cnc(C(=O)c2cc3ccc(Cl)cc3n2CC(=O)O)cc1C. The molecule has 2 aromatic heterocycles. The molecule has 3 aromatic rings. The Bertz CT molecular complexity index is 976. The molecular weight excluding hydrogens is 328 g/mol. The fourth-order valence-corrected chi connectivity index (χ4v) is 2.77. The smallest absolute Gasteiger partial charge is 0.323 e. The number of carbonyl (C=O) groups is 2. The summed E-state index contributed by atoms with van der Waals surface area (Å²) < 4.78 is 1.46. The van der Waals surface area contributed by atoms with Crippen LogP contribution in [-0.4, -0.2) is 26.4 Å². The van der Waals surface area contributed by atoms with Crippen LogP contribution in [0, 0.1) is 13.8 Å². The van der Waals surface area contributed by atoms with Crippen LogP contribution in [0.15, 0.2) is 36.5 Å². The summed E-state index contributed by atoms with van der Waals surface area (Å²) in [5, 5.41) is 10.4. The largest absolute Gasteiger partial charge is 0.480 e. The summed E-state index contributed by atoms with van der Waals surface area (Å²) in [4.78, 5) is 28.3. The van der Waals surface area contributed by atoms with Gasteiger partial charge in [-0.3, -0.25) is 14.6 Å². The summed E-state index contributed by atoms with van der Waals surface area (Å²) in [7, 11) is 0. The lowest BCUT2D eigenvalue weighted by atomic mass is 10.1. The molecule has 0 atom stereocenters. The zero-order chi connectivity index (χ0) is 17.4. The number of hydrogen-bond donors (Lipinski definition) is 1. The highest BCUT2D eigenvalue weighted by Gasteiger charge is 2.20. The van der Waals surface area contributed by atoms with E-state index >= 15 is 0 Å². The van der Waals surface area contributed by atoms with Gasteiger partial charge in [0, 0.05) is 16.6 Å². The van der Waals surface area contributed by atoms with E-state index in [0.717, 1.165) is 16.5 Å². The lowest BCUT2D eigenvalue weighted by molar-refractivity contribution is -0.137. The number of carboxylic acids is 1. The van der Waals surface area contributed by atoms with Crippen molar-refractivity contribution in [2.24, 2.45) is 0 Å². The summed E-state index contributed by atoms with van der Waals surface area (Å²) in [6, 6.07) is 8.52. The zero-order valence-corrected chi connectivity index (χ0v) is 14.0. The van der Waals surface area contributed by atoms with Gasteiger partial charge in [0.15, 0.2) is 0 Å². The van der Waals surface area contributed by atoms with E-state index in [1.54, 1.807) is 36.5 Å². The van der Waals surface area contributed by atoms with Gasteiger partial charge in [0.1, 0.15) is 12.2 Å². The summed E-state index contributed by atoms with van der Waals surface area (Å²) in [5.74, 6) is -1.35. The monoisotopic (exact) mass is 342 g/mol. The van der Waals surface area contributed by atoms with Crippen molar-refractivity contribution in [2.45, 2.75) is 20.4 Å². The Labute approximate surface area is 143 Å². The molecule has 1 N–H and O–H groups in total. The topological polar surface area (TPSA) is 72.2 Å². The van der Waals surface area contributed by atoms with Crippen molar-refractivity contribution >= 4 is 34.3 Å². The van der Waals surface area contributed by atoms with Crippen LogP contribution in [0.2, 0.25) is 5.02 Å². The van der Waals surface area contributed by atoms with Crippen molar-refractivity contribution in [3.05, 3.63) is 64.1 Å². The number of rotatable bonds is 4. The first kappa shape index (κ1) is 16.2. The summed E-state index contributed by atoms with van der Waals surface area (Å²) in [5.41, 5.74) is 3.13. The minimum atomic E-state index is -1.03. The predicted molar refractivity (Wildman–Crippen MR) is 91.7 cm³/mol. The minimum Gasteiger partial charge on any atom is -0.480 e. The Morgan fingerprint density at radius 3 is 2.58 bits per heavy atom. The average Bonchev–Trinajstić information content (AvgIpc) is 2.87. The molecular formula is C18H15ClN2O3. The Kier molecular flexibility index (Phi) is 4.11. The van der Waals surface area contributed by atoms with Gasteiger partial charge in [-0.1, -0.05) is 17.7 Å². The molecule has 0 aliphatic heterocycles. The number of benzene rings is 1. The Morgan fingerprint density at radius 1 is 1.17 bits per heavy atom. The number of hydrogen-bond acceptors (Lipinski definition) is 3. The van der Waals surface area contributed by atoms with Gasteiger partial charge in [-0.25, -0.2) is 0 Å². The highest BCUT2D eigenvalue weighted by molar-refractivity contribution is 6.31. The lowest BCUT2D eigenvalue weighted by Gasteiger charge is -2.08. The van der Waals surface area contributed by atoms with Crippen molar-refractivity contribution in [1.29, 1.82) is 0 Å². The van der Waals surface area contributed by atoms with Gasteiger partial charge >= 0.3 is 5.97 Å². The fourth-order valence-electron chi connectivity index (χ4n) is 2.60. The van der Waals surface area contributed by atoms with Crippen molar-refractivity contribution in [3.63, 3.8) is 0 Å². The first-order valence-corrected chi connectivity index (χ1v) is 7.73. The van der Waals surface area contributed by atoms with Crippen molar-refractivity contribution in [3.8, 4) is 0 Å². The van der Waals surface area contributed by atoms with E-state index in [1.807, 2.05) is 13.8 Å². The van der Waals surface area contributed by atoms with Crippen LogP contribution in [0.4, 0.5) is 0 Å². The number of halogens is 1. The highest BCUT2D eigenvalue weighted by atomic mass is 35.5. The van der Waals surface area contributed by atoms with Crippen LogP contribution in [-0.2, 0) is 11.3 Å². The predicted octanol–water partition coefficient (Wildman–Crippen LogP) is 3.62. The second-order valence-corrected chi connectivity index (χ2v) is 6.13. The van der Waals surface area contributed by atoms with E-state index in [0.29, 0.717) is 16.2 Å². The summed E-state index contributed by atoms with van der Waals surface area (Å²) >= 11 is 6.01. The molecule has 0 fully saturated rings. The number of pyridine rings is 1. The van der Waals surface area contributed by atoms with E-state index in [4.69, 9.17) is 11.6 Å². The summed E-state index contributed by atoms with van der Waals surface area (Å²) in [6.45, 7) is 3.50. The number of aryl methyl sites for hydroxylation is 2. The zero-order valence-electron chi connectivity index (χ0n) is 13.2. The third-order valence-electron chi connectivity index (χ3n) is 4.00. The maximum atomic E-state index is 12.9. The van der Waals surface area contributed by atoms with Gasteiger partial charge < -0.3 is 9.67 Å².